The maximum absolute atomic E-state index is 12.7. The van der Waals surface area contributed by atoms with Crippen molar-refractivity contribution in [2.75, 3.05) is 5.32 Å². The first-order valence-electron chi connectivity index (χ1n) is 7.85. The van der Waals surface area contributed by atoms with Gasteiger partial charge in [0.05, 0.1) is 5.56 Å². The molecule has 5 nitrogen and oxygen atoms in total. The Bertz CT molecular complexity index is 563. The average Bonchev–Trinajstić information content (AvgIpc) is 2.47. The number of hydrogen-bond acceptors (Lipinski definition) is 3. The summed E-state index contributed by atoms with van der Waals surface area (Å²) in [5, 5.41) is 4.81. The van der Waals surface area contributed by atoms with Gasteiger partial charge in [-0.15, -0.1) is 0 Å². The average molecular weight is 303 g/mol. The lowest BCUT2D eigenvalue weighted by Gasteiger charge is -2.38. The highest BCUT2D eigenvalue weighted by Crippen LogP contribution is 2.26. The Labute approximate surface area is 132 Å². The molecule has 1 aromatic rings. The van der Waals surface area contributed by atoms with E-state index in [1.807, 2.05) is 39.0 Å². The zero-order valence-electron chi connectivity index (χ0n) is 13.8. The predicted octanol–water partition coefficient (Wildman–Crippen LogP) is 3.15. The summed E-state index contributed by atoms with van der Waals surface area (Å²) >= 11 is 0. The number of fused-ring (bicyclic) bond motifs is 1. The zero-order valence-corrected chi connectivity index (χ0v) is 13.8. The van der Waals surface area contributed by atoms with Gasteiger partial charge in [0, 0.05) is 11.1 Å². The van der Waals surface area contributed by atoms with E-state index >= 15 is 0 Å². The minimum atomic E-state index is -0.549. The number of rotatable bonds is 4. The smallest absolute Gasteiger partial charge is 0.276 e. The van der Waals surface area contributed by atoms with Gasteiger partial charge in [-0.1, -0.05) is 46.2 Å². The van der Waals surface area contributed by atoms with Gasteiger partial charge < -0.3 is 5.32 Å². The standard InChI is InChI=1S/C17H25N3O2/c1-5-6-11-14-18-13-10-8-7-9-12(13)15(21)20(14)19-16(22)17(2,3)4/h7-10,14,18H,5-6,11H2,1-4H3,(H,19,22). The van der Waals surface area contributed by atoms with Gasteiger partial charge in [0.1, 0.15) is 6.17 Å². The van der Waals surface area contributed by atoms with Crippen LogP contribution in [-0.4, -0.2) is 23.0 Å². The molecule has 1 aliphatic rings. The van der Waals surface area contributed by atoms with Crippen molar-refractivity contribution >= 4 is 17.5 Å². The summed E-state index contributed by atoms with van der Waals surface area (Å²) in [6.45, 7) is 7.61. The van der Waals surface area contributed by atoms with E-state index in [9.17, 15) is 9.59 Å². The number of anilines is 1. The van der Waals surface area contributed by atoms with Crippen molar-refractivity contribution in [3.8, 4) is 0 Å². The summed E-state index contributed by atoms with van der Waals surface area (Å²) in [7, 11) is 0. The molecule has 0 spiro atoms. The number of nitrogens with zero attached hydrogens (tertiary/aromatic N) is 1. The lowest BCUT2D eigenvalue weighted by atomic mass is 9.96. The van der Waals surface area contributed by atoms with Crippen LogP contribution < -0.4 is 10.7 Å². The fourth-order valence-electron chi connectivity index (χ4n) is 2.32. The minimum absolute atomic E-state index is 0.159. The molecule has 2 amide bonds. The highest BCUT2D eigenvalue weighted by molar-refractivity contribution is 6.02. The number of hydrazine groups is 1. The SMILES string of the molecule is CCCCC1Nc2ccccc2C(=O)N1NC(=O)C(C)(C)C. The molecule has 0 fully saturated rings. The van der Waals surface area contributed by atoms with Crippen molar-refractivity contribution in [1.29, 1.82) is 0 Å². The third kappa shape index (κ3) is 3.40. The molecule has 1 aliphatic heterocycles. The largest absolute Gasteiger partial charge is 0.363 e. The lowest BCUT2D eigenvalue weighted by molar-refractivity contribution is -0.133. The topological polar surface area (TPSA) is 61.4 Å². The van der Waals surface area contributed by atoms with E-state index in [-0.39, 0.29) is 18.0 Å². The van der Waals surface area contributed by atoms with Gasteiger partial charge in [-0.2, -0.15) is 0 Å². The second-order valence-corrected chi connectivity index (χ2v) is 6.71. The Morgan fingerprint density at radius 3 is 2.64 bits per heavy atom. The van der Waals surface area contributed by atoms with Crippen LogP contribution in [0.5, 0.6) is 0 Å². The summed E-state index contributed by atoms with van der Waals surface area (Å²) in [6.07, 6.45) is 2.60. The molecule has 5 heteroatoms. The molecular weight excluding hydrogens is 278 g/mol. The number of amides is 2. The summed E-state index contributed by atoms with van der Waals surface area (Å²) in [5.41, 5.74) is 3.66. The van der Waals surface area contributed by atoms with Crippen LogP contribution in [0.25, 0.3) is 0 Å². The van der Waals surface area contributed by atoms with E-state index in [1.54, 1.807) is 6.07 Å². The summed E-state index contributed by atoms with van der Waals surface area (Å²) < 4.78 is 0. The molecule has 0 aromatic heterocycles. The van der Waals surface area contributed by atoms with Crippen LogP contribution in [0.4, 0.5) is 5.69 Å². The molecular formula is C17H25N3O2. The van der Waals surface area contributed by atoms with Crippen molar-refractivity contribution in [1.82, 2.24) is 10.4 Å². The zero-order chi connectivity index (χ0) is 16.3. The molecule has 0 aliphatic carbocycles. The Balaban J connectivity index is 2.27. The molecule has 1 unspecified atom stereocenters. The third-order valence-electron chi connectivity index (χ3n) is 3.74. The maximum Gasteiger partial charge on any atom is 0.276 e. The van der Waals surface area contributed by atoms with Gasteiger partial charge in [-0.3, -0.25) is 15.0 Å². The van der Waals surface area contributed by atoms with Crippen molar-refractivity contribution < 1.29 is 9.59 Å². The van der Waals surface area contributed by atoms with Crippen LogP contribution in [0.1, 0.15) is 57.3 Å². The highest BCUT2D eigenvalue weighted by atomic mass is 16.2. The van der Waals surface area contributed by atoms with E-state index in [0.717, 1.165) is 24.9 Å². The predicted molar refractivity (Wildman–Crippen MR) is 87.1 cm³/mol. The third-order valence-corrected chi connectivity index (χ3v) is 3.74. The van der Waals surface area contributed by atoms with Crippen molar-refractivity contribution in [2.24, 2.45) is 5.41 Å². The number of nitrogens with one attached hydrogen (secondary N) is 2. The normalized spacial score (nSPS) is 17.7. The number of unbranched alkanes of at least 4 members (excludes halogenated alkanes) is 1. The lowest BCUT2D eigenvalue weighted by Crippen LogP contribution is -2.59. The molecule has 0 saturated carbocycles. The number of carbonyl (C=O) groups excluding carboxylic acids is 2. The second kappa shape index (κ2) is 6.38. The molecule has 2 N–H and O–H groups in total. The highest BCUT2D eigenvalue weighted by Gasteiger charge is 2.34. The first-order chi connectivity index (χ1) is 10.3. The Kier molecular flexibility index (Phi) is 4.74. The fourth-order valence-corrected chi connectivity index (χ4v) is 2.32. The van der Waals surface area contributed by atoms with Gasteiger partial charge in [0.2, 0.25) is 5.91 Å². The fraction of sp³-hybridized carbons (Fsp3) is 0.529. The molecule has 1 heterocycles. The van der Waals surface area contributed by atoms with Gasteiger partial charge in [-0.25, -0.2) is 5.01 Å². The number of benzene rings is 1. The molecule has 1 aromatic carbocycles. The molecule has 2 rings (SSSR count). The molecule has 0 bridgehead atoms. The van der Waals surface area contributed by atoms with Gasteiger partial charge in [0.15, 0.2) is 0 Å². The molecule has 0 radical (unpaired) electrons. The number of carbonyl (C=O) groups is 2. The van der Waals surface area contributed by atoms with Crippen LogP contribution in [0, 0.1) is 5.41 Å². The molecule has 1 atom stereocenters. The summed E-state index contributed by atoms with van der Waals surface area (Å²) in [6, 6.07) is 7.40. The van der Waals surface area contributed by atoms with Gasteiger partial charge in [0.25, 0.3) is 5.91 Å². The first-order valence-corrected chi connectivity index (χ1v) is 7.85. The van der Waals surface area contributed by atoms with E-state index in [2.05, 4.69) is 17.7 Å². The first kappa shape index (κ1) is 16.3. The van der Waals surface area contributed by atoms with Crippen LogP contribution in [0.2, 0.25) is 0 Å². The van der Waals surface area contributed by atoms with Crippen molar-refractivity contribution in [3.05, 3.63) is 29.8 Å². The molecule has 0 saturated heterocycles. The van der Waals surface area contributed by atoms with Gasteiger partial charge >= 0.3 is 0 Å². The Morgan fingerprint density at radius 2 is 2.00 bits per heavy atom. The number of hydrogen-bond donors (Lipinski definition) is 2. The maximum atomic E-state index is 12.7. The Morgan fingerprint density at radius 1 is 1.32 bits per heavy atom. The van der Waals surface area contributed by atoms with E-state index in [1.165, 1.54) is 5.01 Å². The van der Waals surface area contributed by atoms with Gasteiger partial charge in [-0.05, 0) is 25.0 Å². The molecule has 120 valence electrons. The Hall–Kier alpha value is -2.04. The van der Waals surface area contributed by atoms with Crippen LogP contribution in [-0.2, 0) is 4.79 Å². The van der Waals surface area contributed by atoms with Crippen LogP contribution >= 0.6 is 0 Å². The monoisotopic (exact) mass is 303 g/mol. The van der Waals surface area contributed by atoms with Crippen LogP contribution in [0.3, 0.4) is 0 Å². The minimum Gasteiger partial charge on any atom is -0.363 e. The van der Waals surface area contributed by atoms with E-state index in [0.29, 0.717) is 5.56 Å². The summed E-state index contributed by atoms with van der Waals surface area (Å²) in [5.74, 6) is -0.323. The second-order valence-electron chi connectivity index (χ2n) is 6.71. The quantitative estimate of drug-likeness (QED) is 0.898. The van der Waals surface area contributed by atoms with Crippen LogP contribution in [0.15, 0.2) is 24.3 Å². The summed E-state index contributed by atoms with van der Waals surface area (Å²) in [4.78, 5) is 25.0. The number of para-hydroxylation sites is 1. The molecule has 22 heavy (non-hydrogen) atoms. The van der Waals surface area contributed by atoms with E-state index in [4.69, 9.17) is 0 Å². The van der Waals surface area contributed by atoms with E-state index < -0.39 is 5.41 Å². The van der Waals surface area contributed by atoms with Crippen molar-refractivity contribution in [2.45, 2.75) is 53.1 Å². The van der Waals surface area contributed by atoms with Crippen molar-refractivity contribution in [3.63, 3.8) is 0 Å².